The van der Waals surface area contributed by atoms with E-state index in [4.69, 9.17) is 5.73 Å². The Labute approximate surface area is 109 Å². The second-order valence-corrected chi connectivity index (χ2v) is 6.88. The third-order valence-electron chi connectivity index (χ3n) is 2.30. The van der Waals surface area contributed by atoms with Crippen LogP contribution in [-0.2, 0) is 16.6 Å². The van der Waals surface area contributed by atoms with Crippen LogP contribution in [0.5, 0.6) is 0 Å². The molecule has 1 aromatic heterocycles. The van der Waals surface area contributed by atoms with Gasteiger partial charge in [0.25, 0.3) is 10.0 Å². The summed E-state index contributed by atoms with van der Waals surface area (Å²) in [4.78, 5) is 0. The largest absolute Gasteiger partial charge is 0.374 e. The highest BCUT2D eigenvalue weighted by molar-refractivity contribution is 7.91. The van der Waals surface area contributed by atoms with Crippen LogP contribution >= 0.6 is 11.3 Å². The molecule has 0 saturated carbocycles. The van der Waals surface area contributed by atoms with E-state index in [9.17, 15) is 8.42 Å². The summed E-state index contributed by atoms with van der Waals surface area (Å²) in [5, 5.41) is 7.22. The van der Waals surface area contributed by atoms with Crippen molar-refractivity contribution in [1.82, 2.24) is 14.5 Å². The molecule has 0 aliphatic heterocycles. The highest BCUT2D eigenvalue weighted by Gasteiger charge is 2.25. The molecule has 0 aliphatic carbocycles. The van der Waals surface area contributed by atoms with E-state index < -0.39 is 10.0 Å². The predicted molar refractivity (Wildman–Crippen MR) is 69.4 cm³/mol. The third-order valence-corrected chi connectivity index (χ3v) is 5.20. The fraction of sp³-hybridized carbons (Fsp3) is 0.200. The number of aromatic nitrogens is 2. The van der Waals surface area contributed by atoms with Crippen molar-refractivity contribution in [2.45, 2.75) is 10.9 Å². The van der Waals surface area contributed by atoms with Gasteiger partial charge in [-0.1, -0.05) is 41.7 Å². The Morgan fingerprint density at radius 2 is 1.94 bits per heavy atom. The first-order valence-electron chi connectivity index (χ1n) is 5.09. The summed E-state index contributed by atoms with van der Waals surface area (Å²) >= 11 is 0.859. The lowest BCUT2D eigenvalue weighted by Gasteiger charge is -2.14. The van der Waals surface area contributed by atoms with E-state index in [0.717, 1.165) is 16.9 Å². The molecule has 0 amide bonds. The summed E-state index contributed by atoms with van der Waals surface area (Å²) in [5.74, 6) is 0. The minimum atomic E-state index is -3.62. The lowest BCUT2D eigenvalue weighted by Crippen LogP contribution is -2.26. The predicted octanol–water partition coefficient (Wildman–Crippen LogP) is 0.941. The minimum absolute atomic E-state index is 0.0848. The number of nitrogens with two attached hydrogens (primary N) is 1. The van der Waals surface area contributed by atoms with Gasteiger partial charge in [0.15, 0.2) is 0 Å². The first-order valence-corrected chi connectivity index (χ1v) is 7.35. The molecule has 0 aliphatic rings. The van der Waals surface area contributed by atoms with Crippen LogP contribution in [0.3, 0.4) is 0 Å². The molecule has 0 saturated heterocycles. The van der Waals surface area contributed by atoms with Crippen LogP contribution in [0.15, 0.2) is 34.7 Å². The summed E-state index contributed by atoms with van der Waals surface area (Å²) in [6.45, 7) is 0.280. The Kier molecular flexibility index (Phi) is 3.60. The smallest absolute Gasteiger partial charge is 0.272 e. The molecule has 1 aromatic carbocycles. The van der Waals surface area contributed by atoms with Crippen molar-refractivity contribution in [1.29, 1.82) is 0 Å². The lowest BCUT2D eigenvalue weighted by molar-refractivity contribution is 0.465. The molecule has 0 radical (unpaired) electrons. The second-order valence-electron chi connectivity index (χ2n) is 3.65. The van der Waals surface area contributed by atoms with Gasteiger partial charge in [-0.15, -0.1) is 10.2 Å². The zero-order valence-corrected chi connectivity index (χ0v) is 11.3. The number of hydrogen-bond acceptors (Lipinski definition) is 6. The van der Waals surface area contributed by atoms with Crippen LogP contribution in [0.2, 0.25) is 0 Å². The normalized spacial score (nSPS) is 11.9. The zero-order valence-electron chi connectivity index (χ0n) is 9.65. The first kappa shape index (κ1) is 12.9. The van der Waals surface area contributed by atoms with Gasteiger partial charge in [-0.2, -0.15) is 4.31 Å². The summed E-state index contributed by atoms with van der Waals surface area (Å²) in [5.41, 5.74) is 6.29. The molecule has 96 valence electrons. The molecular weight excluding hydrogens is 272 g/mol. The topological polar surface area (TPSA) is 89.2 Å². The lowest BCUT2D eigenvalue weighted by atomic mass is 10.2. The Bertz CT molecular complexity index is 624. The summed E-state index contributed by atoms with van der Waals surface area (Å²) < 4.78 is 25.4. The maximum atomic E-state index is 12.1. The quantitative estimate of drug-likeness (QED) is 0.902. The minimum Gasteiger partial charge on any atom is -0.374 e. The van der Waals surface area contributed by atoms with Crippen molar-refractivity contribution < 1.29 is 8.42 Å². The number of nitrogens with zero attached hydrogens (tertiary/aromatic N) is 3. The van der Waals surface area contributed by atoms with Crippen LogP contribution in [0.25, 0.3) is 0 Å². The number of nitrogen functional groups attached to an aromatic ring is 1. The molecule has 0 fully saturated rings. The van der Waals surface area contributed by atoms with Crippen LogP contribution in [0.4, 0.5) is 5.13 Å². The van der Waals surface area contributed by atoms with E-state index >= 15 is 0 Å². The van der Waals surface area contributed by atoms with Gasteiger partial charge in [-0.25, -0.2) is 8.42 Å². The van der Waals surface area contributed by atoms with E-state index in [1.54, 1.807) is 0 Å². The maximum Gasteiger partial charge on any atom is 0.272 e. The average Bonchev–Trinajstić information content (AvgIpc) is 2.78. The fourth-order valence-electron chi connectivity index (χ4n) is 1.38. The van der Waals surface area contributed by atoms with E-state index in [-0.39, 0.29) is 16.0 Å². The molecule has 8 heteroatoms. The molecule has 2 aromatic rings. The monoisotopic (exact) mass is 284 g/mol. The Morgan fingerprint density at radius 1 is 1.28 bits per heavy atom. The second kappa shape index (κ2) is 5.01. The molecule has 18 heavy (non-hydrogen) atoms. The van der Waals surface area contributed by atoms with E-state index in [1.807, 2.05) is 30.3 Å². The van der Waals surface area contributed by atoms with Gasteiger partial charge in [0.1, 0.15) is 0 Å². The highest BCUT2D eigenvalue weighted by Crippen LogP contribution is 2.21. The maximum absolute atomic E-state index is 12.1. The van der Waals surface area contributed by atoms with Gasteiger partial charge in [0.2, 0.25) is 9.47 Å². The Balaban J connectivity index is 2.21. The number of sulfonamides is 1. The van der Waals surface area contributed by atoms with Gasteiger partial charge in [0.05, 0.1) is 0 Å². The molecule has 1 heterocycles. The summed E-state index contributed by atoms with van der Waals surface area (Å²) in [7, 11) is -2.12. The van der Waals surface area contributed by atoms with E-state index in [2.05, 4.69) is 10.2 Å². The Hall–Kier alpha value is -1.51. The van der Waals surface area contributed by atoms with Crippen LogP contribution in [-0.4, -0.2) is 30.0 Å². The number of hydrogen-bond donors (Lipinski definition) is 1. The van der Waals surface area contributed by atoms with Gasteiger partial charge in [0, 0.05) is 13.6 Å². The third kappa shape index (κ3) is 2.66. The van der Waals surface area contributed by atoms with Crippen molar-refractivity contribution in [3.8, 4) is 0 Å². The number of anilines is 1. The van der Waals surface area contributed by atoms with Crippen molar-refractivity contribution in [2.75, 3.05) is 12.8 Å². The molecule has 0 unspecified atom stereocenters. The average molecular weight is 284 g/mol. The summed E-state index contributed by atoms with van der Waals surface area (Å²) in [6, 6.07) is 9.32. The molecular formula is C10H12N4O2S2. The van der Waals surface area contributed by atoms with Crippen molar-refractivity contribution in [3.63, 3.8) is 0 Å². The van der Waals surface area contributed by atoms with Crippen molar-refractivity contribution >= 4 is 26.5 Å². The van der Waals surface area contributed by atoms with Gasteiger partial charge in [-0.3, -0.25) is 0 Å². The molecule has 2 rings (SSSR count). The zero-order chi connectivity index (χ0) is 13.2. The first-order chi connectivity index (χ1) is 8.50. The van der Waals surface area contributed by atoms with Crippen molar-refractivity contribution in [3.05, 3.63) is 35.9 Å². The Morgan fingerprint density at radius 3 is 2.50 bits per heavy atom. The van der Waals surface area contributed by atoms with Crippen molar-refractivity contribution in [2.24, 2.45) is 0 Å². The summed E-state index contributed by atoms with van der Waals surface area (Å²) in [6.07, 6.45) is 0. The van der Waals surface area contributed by atoms with Crippen LogP contribution < -0.4 is 5.73 Å². The van der Waals surface area contributed by atoms with Gasteiger partial charge < -0.3 is 5.73 Å². The van der Waals surface area contributed by atoms with E-state index in [1.165, 1.54) is 11.4 Å². The van der Waals surface area contributed by atoms with E-state index in [0.29, 0.717) is 0 Å². The molecule has 0 bridgehead atoms. The van der Waals surface area contributed by atoms with Gasteiger partial charge in [-0.05, 0) is 5.56 Å². The van der Waals surface area contributed by atoms with Crippen LogP contribution in [0, 0.1) is 0 Å². The number of benzene rings is 1. The fourth-order valence-corrected chi connectivity index (χ4v) is 3.51. The molecule has 0 spiro atoms. The molecule has 6 nitrogen and oxygen atoms in total. The molecule has 0 atom stereocenters. The molecule has 2 N–H and O–H groups in total. The number of rotatable bonds is 4. The SMILES string of the molecule is CN(Cc1ccccc1)S(=O)(=O)c1nnc(N)s1. The van der Waals surface area contributed by atoms with Crippen LogP contribution in [0.1, 0.15) is 5.56 Å². The van der Waals surface area contributed by atoms with Gasteiger partial charge >= 0.3 is 0 Å². The standard InChI is InChI=1S/C10H12N4O2S2/c1-14(7-8-5-3-2-4-6-8)18(15,16)10-13-12-9(11)17-10/h2-6H,7H2,1H3,(H2,11,12). The highest BCUT2D eigenvalue weighted by atomic mass is 32.2.